The van der Waals surface area contributed by atoms with Crippen molar-refractivity contribution < 1.29 is 14.6 Å². The molecule has 2 heterocycles. The number of hydrogen-bond acceptors (Lipinski definition) is 4. The number of nitrogens with zero attached hydrogens (tertiary/aromatic N) is 1. The van der Waals surface area contributed by atoms with Gasteiger partial charge in [0.25, 0.3) is 0 Å². The van der Waals surface area contributed by atoms with Gasteiger partial charge in [-0.15, -0.1) is 0 Å². The first kappa shape index (κ1) is 16.1. The minimum absolute atomic E-state index is 0.221. The van der Waals surface area contributed by atoms with Gasteiger partial charge in [-0.3, -0.25) is 4.90 Å². The van der Waals surface area contributed by atoms with E-state index in [2.05, 4.69) is 4.90 Å². The van der Waals surface area contributed by atoms with E-state index in [-0.39, 0.29) is 11.7 Å². The van der Waals surface area contributed by atoms with Crippen LogP contribution in [0, 0.1) is 5.92 Å². The highest BCUT2D eigenvalue weighted by molar-refractivity contribution is 5.87. The third-order valence-corrected chi connectivity index (χ3v) is 4.97. The van der Waals surface area contributed by atoms with Crippen molar-refractivity contribution >= 4 is 12.0 Å². The Hall–Kier alpha value is -1.81. The topological polar surface area (TPSA) is 49.8 Å². The second-order valence-corrected chi connectivity index (χ2v) is 6.56. The molecule has 0 unspecified atom stereocenters. The summed E-state index contributed by atoms with van der Waals surface area (Å²) in [5.74, 6) is 0.417. The van der Waals surface area contributed by atoms with Gasteiger partial charge in [0.05, 0.1) is 6.61 Å². The Balaban J connectivity index is 1.49. The number of phenolic OH excluding ortho intramolecular Hbond substituents is 1. The predicted molar refractivity (Wildman–Crippen MR) is 90.0 cm³/mol. The fourth-order valence-electron chi connectivity index (χ4n) is 3.76. The van der Waals surface area contributed by atoms with Crippen LogP contribution in [0.15, 0.2) is 30.3 Å². The van der Waals surface area contributed by atoms with Gasteiger partial charge >= 0.3 is 5.97 Å². The SMILES string of the molecule is O=C(/C=C/c1ccc(O)cc1)OC[C@H]1CCCN2CCCC[C@@H]12. The summed E-state index contributed by atoms with van der Waals surface area (Å²) >= 11 is 0. The zero-order valence-electron chi connectivity index (χ0n) is 13.5. The summed E-state index contributed by atoms with van der Waals surface area (Å²) in [6.07, 6.45) is 9.40. The molecule has 2 aliphatic heterocycles. The first-order chi connectivity index (χ1) is 11.2. The molecule has 0 aliphatic carbocycles. The second kappa shape index (κ2) is 7.64. The van der Waals surface area contributed by atoms with Crippen molar-refractivity contribution in [2.45, 2.75) is 38.1 Å². The number of aromatic hydroxyl groups is 1. The lowest BCUT2D eigenvalue weighted by molar-refractivity contribution is -0.140. The van der Waals surface area contributed by atoms with Crippen LogP contribution in [0.3, 0.4) is 0 Å². The van der Waals surface area contributed by atoms with Crippen LogP contribution in [-0.2, 0) is 9.53 Å². The average Bonchev–Trinajstić information content (AvgIpc) is 2.59. The van der Waals surface area contributed by atoms with E-state index in [1.165, 1.54) is 44.8 Å². The van der Waals surface area contributed by atoms with E-state index in [0.717, 1.165) is 12.0 Å². The molecule has 2 atom stereocenters. The highest BCUT2D eigenvalue weighted by Crippen LogP contribution is 2.31. The third kappa shape index (κ3) is 4.35. The molecule has 0 radical (unpaired) electrons. The van der Waals surface area contributed by atoms with E-state index >= 15 is 0 Å². The summed E-state index contributed by atoms with van der Waals surface area (Å²) < 4.78 is 5.47. The van der Waals surface area contributed by atoms with Crippen molar-refractivity contribution in [2.75, 3.05) is 19.7 Å². The highest BCUT2D eigenvalue weighted by atomic mass is 16.5. The Labute approximate surface area is 137 Å². The van der Waals surface area contributed by atoms with Crippen LogP contribution in [0.5, 0.6) is 5.75 Å². The molecular formula is C19H25NO3. The predicted octanol–water partition coefficient (Wildman–Crippen LogP) is 3.21. The van der Waals surface area contributed by atoms with Gasteiger partial charge in [0, 0.05) is 18.0 Å². The summed E-state index contributed by atoms with van der Waals surface area (Å²) in [5, 5.41) is 9.24. The molecule has 0 aromatic heterocycles. The molecule has 124 valence electrons. The highest BCUT2D eigenvalue weighted by Gasteiger charge is 2.33. The number of phenols is 1. The summed E-state index contributed by atoms with van der Waals surface area (Å²) in [7, 11) is 0. The van der Waals surface area contributed by atoms with Crippen LogP contribution in [0.4, 0.5) is 0 Å². The van der Waals surface area contributed by atoms with Gasteiger partial charge in [-0.2, -0.15) is 0 Å². The Bertz CT molecular complexity index is 550. The van der Waals surface area contributed by atoms with E-state index < -0.39 is 0 Å². The first-order valence-electron chi connectivity index (χ1n) is 8.60. The molecule has 4 nitrogen and oxygen atoms in total. The van der Waals surface area contributed by atoms with Gasteiger partial charge in [0.1, 0.15) is 5.75 Å². The molecule has 3 rings (SSSR count). The van der Waals surface area contributed by atoms with Gasteiger partial charge < -0.3 is 9.84 Å². The molecule has 0 bridgehead atoms. The largest absolute Gasteiger partial charge is 0.508 e. The molecule has 4 heteroatoms. The standard InChI is InChI=1S/C19H25NO3/c21-17-9-6-15(7-10-17)8-11-19(22)23-14-16-4-3-13-20-12-2-1-5-18(16)20/h6-11,16,18,21H,1-5,12-14H2/b11-8+/t16-,18+/m1/s1. The van der Waals surface area contributed by atoms with Gasteiger partial charge in [-0.1, -0.05) is 18.6 Å². The fraction of sp³-hybridized carbons (Fsp3) is 0.526. The minimum Gasteiger partial charge on any atom is -0.508 e. The van der Waals surface area contributed by atoms with Crippen LogP contribution in [0.25, 0.3) is 6.08 Å². The van der Waals surface area contributed by atoms with Crippen LogP contribution < -0.4 is 0 Å². The molecule has 1 aromatic rings. The number of benzene rings is 1. The molecule has 2 saturated heterocycles. The number of carbonyl (C=O) groups excluding carboxylic acids is 1. The summed E-state index contributed by atoms with van der Waals surface area (Å²) in [5.41, 5.74) is 0.871. The van der Waals surface area contributed by atoms with E-state index in [4.69, 9.17) is 4.74 Å². The lowest BCUT2D eigenvalue weighted by Gasteiger charge is -2.44. The number of esters is 1. The normalized spacial score (nSPS) is 25.2. The molecule has 0 spiro atoms. The van der Waals surface area contributed by atoms with Crippen molar-refractivity contribution in [3.05, 3.63) is 35.9 Å². The molecule has 1 N–H and O–H groups in total. The van der Waals surface area contributed by atoms with E-state index in [1.807, 2.05) is 0 Å². The van der Waals surface area contributed by atoms with Crippen molar-refractivity contribution in [1.29, 1.82) is 0 Å². The number of rotatable bonds is 4. The van der Waals surface area contributed by atoms with Gasteiger partial charge in [0.2, 0.25) is 0 Å². The maximum Gasteiger partial charge on any atom is 0.330 e. The molecule has 2 fully saturated rings. The Morgan fingerprint density at radius 3 is 2.78 bits per heavy atom. The summed E-state index contributed by atoms with van der Waals surface area (Å²) in [6, 6.07) is 7.33. The van der Waals surface area contributed by atoms with Crippen molar-refractivity contribution in [3.8, 4) is 5.75 Å². The van der Waals surface area contributed by atoms with Crippen LogP contribution in [0.2, 0.25) is 0 Å². The number of piperidine rings is 2. The van der Waals surface area contributed by atoms with E-state index in [9.17, 15) is 9.90 Å². The zero-order valence-corrected chi connectivity index (χ0v) is 13.5. The summed E-state index contributed by atoms with van der Waals surface area (Å²) in [4.78, 5) is 14.5. The molecule has 2 aliphatic rings. The zero-order chi connectivity index (χ0) is 16.1. The molecule has 0 saturated carbocycles. The maximum atomic E-state index is 11.9. The quantitative estimate of drug-likeness (QED) is 0.685. The minimum atomic E-state index is -0.286. The number of carbonyl (C=O) groups is 1. The molecular weight excluding hydrogens is 290 g/mol. The van der Waals surface area contributed by atoms with E-state index in [1.54, 1.807) is 30.3 Å². The second-order valence-electron chi connectivity index (χ2n) is 6.56. The lowest BCUT2D eigenvalue weighted by atomic mass is 9.84. The third-order valence-electron chi connectivity index (χ3n) is 4.97. The Kier molecular flexibility index (Phi) is 5.34. The Morgan fingerprint density at radius 1 is 1.17 bits per heavy atom. The van der Waals surface area contributed by atoms with Crippen molar-refractivity contribution in [2.24, 2.45) is 5.92 Å². The lowest BCUT2D eigenvalue weighted by Crippen LogP contribution is -2.49. The van der Waals surface area contributed by atoms with Gasteiger partial charge in [-0.05, 0) is 62.5 Å². The van der Waals surface area contributed by atoms with Crippen molar-refractivity contribution in [1.82, 2.24) is 4.90 Å². The van der Waals surface area contributed by atoms with Gasteiger partial charge in [0.15, 0.2) is 0 Å². The van der Waals surface area contributed by atoms with Gasteiger partial charge in [-0.25, -0.2) is 4.79 Å². The average molecular weight is 315 g/mol. The van der Waals surface area contributed by atoms with Crippen LogP contribution in [-0.4, -0.2) is 41.7 Å². The smallest absolute Gasteiger partial charge is 0.330 e. The molecule has 0 amide bonds. The number of fused-ring (bicyclic) bond motifs is 1. The van der Waals surface area contributed by atoms with Crippen molar-refractivity contribution in [3.63, 3.8) is 0 Å². The molecule has 1 aromatic carbocycles. The monoisotopic (exact) mass is 315 g/mol. The maximum absolute atomic E-state index is 11.9. The van der Waals surface area contributed by atoms with Crippen LogP contribution >= 0.6 is 0 Å². The van der Waals surface area contributed by atoms with E-state index in [0.29, 0.717) is 18.6 Å². The number of ether oxygens (including phenoxy) is 1. The van der Waals surface area contributed by atoms with Crippen LogP contribution in [0.1, 0.15) is 37.7 Å². The Morgan fingerprint density at radius 2 is 1.96 bits per heavy atom. The fourth-order valence-corrected chi connectivity index (χ4v) is 3.76. The summed E-state index contributed by atoms with van der Waals surface area (Å²) in [6.45, 7) is 2.94. The first-order valence-corrected chi connectivity index (χ1v) is 8.60. The molecule has 23 heavy (non-hydrogen) atoms. The number of hydrogen-bond donors (Lipinski definition) is 1.